The summed E-state index contributed by atoms with van der Waals surface area (Å²) < 4.78 is 0. The van der Waals surface area contributed by atoms with E-state index in [2.05, 4.69) is 134 Å². The van der Waals surface area contributed by atoms with Gasteiger partial charge in [0.2, 0.25) is 0 Å². The summed E-state index contributed by atoms with van der Waals surface area (Å²) in [5.41, 5.74) is 10.9. The highest BCUT2D eigenvalue weighted by Crippen LogP contribution is 2.34. The van der Waals surface area contributed by atoms with E-state index in [0.29, 0.717) is 0 Å². The molecule has 4 heterocycles. The Kier molecular flexibility index (Phi) is 15.4. The molecule has 2 aromatic heterocycles. The maximum atomic E-state index is 6.59. The number of rotatable bonds is 7. The van der Waals surface area contributed by atoms with Crippen LogP contribution in [-0.2, 0) is 39.3 Å². The first-order valence-electron chi connectivity index (χ1n) is 20.7. The van der Waals surface area contributed by atoms with E-state index in [4.69, 9.17) is 21.6 Å². The number of nitrogens with one attached hydrogen (secondary N) is 4. The third-order valence-corrected chi connectivity index (χ3v) is 11.1. The minimum Gasteiger partial charge on any atom is -0.311 e. The Bertz CT molecular complexity index is 1740. The van der Waals surface area contributed by atoms with Gasteiger partial charge in [-0.3, -0.25) is 19.8 Å². The summed E-state index contributed by atoms with van der Waals surface area (Å²) in [4.78, 5) is 14.8. The molecule has 5 aromatic rings. The van der Waals surface area contributed by atoms with E-state index in [9.17, 15) is 0 Å². The van der Waals surface area contributed by atoms with Gasteiger partial charge < -0.3 is 21.3 Å². The molecule has 0 saturated carbocycles. The molecule has 56 heavy (non-hydrogen) atoms. The van der Waals surface area contributed by atoms with Crippen LogP contribution in [0.25, 0.3) is 0 Å². The lowest BCUT2D eigenvalue weighted by Gasteiger charge is -2.25. The topological polar surface area (TPSA) is 80.4 Å². The second kappa shape index (κ2) is 21.5. The molecule has 0 atom stereocenters. The highest BCUT2D eigenvalue weighted by molar-refractivity contribution is 6.30. The van der Waals surface area contributed by atoms with E-state index >= 15 is 0 Å². The van der Waals surface area contributed by atoms with E-state index in [1.165, 1.54) is 27.8 Å². The Morgan fingerprint density at radius 3 is 1.21 bits per heavy atom. The van der Waals surface area contributed by atoms with Crippen molar-refractivity contribution in [3.05, 3.63) is 165 Å². The Morgan fingerprint density at radius 1 is 0.464 bits per heavy atom. The smallest absolute Gasteiger partial charge is 0.0545 e. The van der Waals surface area contributed by atoms with Crippen molar-refractivity contribution in [2.75, 3.05) is 52.4 Å². The summed E-state index contributed by atoms with van der Waals surface area (Å²) in [6.07, 6.45) is 4.43. The maximum absolute atomic E-state index is 6.59. The third kappa shape index (κ3) is 12.5. The number of pyridine rings is 2. The molecular formula is C47H59ClN8. The number of nitrogens with zero attached hydrogens (tertiary/aromatic N) is 4. The molecule has 0 fully saturated rings. The molecule has 0 unspecified atom stereocenters. The predicted octanol–water partition coefficient (Wildman–Crippen LogP) is 7.26. The Balaban J connectivity index is 0.992. The van der Waals surface area contributed by atoms with Crippen LogP contribution >= 0.6 is 11.6 Å². The molecule has 4 bridgehead atoms. The zero-order valence-corrected chi connectivity index (χ0v) is 33.6. The largest absolute Gasteiger partial charge is 0.311 e. The number of halogens is 1. The van der Waals surface area contributed by atoms with Crippen LogP contribution in [0.1, 0.15) is 82.2 Å². The van der Waals surface area contributed by atoms with Gasteiger partial charge in [-0.2, -0.15) is 0 Å². The van der Waals surface area contributed by atoms with Crippen LogP contribution in [0.5, 0.6) is 0 Å². The van der Waals surface area contributed by atoms with Crippen LogP contribution in [0.2, 0.25) is 5.02 Å². The average Bonchev–Trinajstić information content (AvgIpc) is 3.21. The summed E-state index contributed by atoms with van der Waals surface area (Å²) in [6.45, 7) is 13.4. The lowest BCUT2D eigenvalue weighted by atomic mass is 9.84. The van der Waals surface area contributed by atoms with Gasteiger partial charge in [-0.25, -0.2) is 0 Å². The van der Waals surface area contributed by atoms with Gasteiger partial charge in [-0.15, -0.1) is 0 Å². The number of hydrogen-bond acceptors (Lipinski definition) is 8. The van der Waals surface area contributed by atoms with E-state index in [1.807, 2.05) is 6.07 Å². The highest BCUT2D eigenvalue weighted by atomic mass is 35.5. The zero-order valence-electron chi connectivity index (χ0n) is 32.9. The van der Waals surface area contributed by atoms with Gasteiger partial charge in [-0.1, -0.05) is 84.4 Å². The third-order valence-electron chi connectivity index (χ3n) is 10.9. The molecule has 2 aliphatic rings. The van der Waals surface area contributed by atoms with Crippen LogP contribution in [0, 0.1) is 0 Å². The summed E-state index contributed by atoms with van der Waals surface area (Å²) in [7, 11) is 0. The fourth-order valence-corrected chi connectivity index (χ4v) is 8.18. The first kappa shape index (κ1) is 40.2. The van der Waals surface area contributed by atoms with Crippen molar-refractivity contribution in [2.24, 2.45) is 0 Å². The lowest BCUT2D eigenvalue weighted by molar-refractivity contribution is 0.256. The van der Waals surface area contributed by atoms with Gasteiger partial charge in [-0.05, 0) is 142 Å². The fraction of sp³-hybridized carbons (Fsp3) is 0.404. The van der Waals surface area contributed by atoms with Crippen molar-refractivity contribution < 1.29 is 0 Å². The summed E-state index contributed by atoms with van der Waals surface area (Å²) in [5, 5.41) is 15.2. The number of fused-ring (bicyclic) bond motifs is 4. The standard InChI is InChI=1S/C47H59ClN8/c48-42-9-1-8-41(30-42)47(39-18-14-37(15-19-39)35-55-26-4-22-49-31-43-10-2-11-44(53-43)32-50-23-5-27-55)40-20-16-38(17-21-40)36-56-28-6-24-51-33-45-12-3-13-46(54-45)34-52-25-7-29-56/h1-3,8-21,30,47,49-52H,4-7,22-29,31-36H2. The first-order valence-corrected chi connectivity index (χ1v) is 21.1. The van der Waals surface area contributed by atoms with Gasteiger partial charge in [0, 0.05) is 50.2 Å². The van der Waals surface area contributed by atoms with Crippen molar-refractivity contribution in [3.8, 4) is 0 Å². The van der Waals surface area contributed by atoms with Crippen molar-refractivity contribution in [1.29, 1.82) is 0 Å². The molecule has 0 radical (unpaired) electrons. The SMILES string of the molecule is Clc1cccc(C(c2ccc(CN3CCCNCc4cccc(n4)CNCCC3)cc2)c2ccc(CN3CCCNCc4cccc(n4)CNCCC3)cc2)c1. The van der Waals surface area contributed by atoms with Gasteiger partial charge in [0.1, 0.15) is 0 Å². The maximum Gasteiger partial charge on any atom is 0.0545 e. The van der Waals surface area contributed by atoms with Crippen molar-refractivity contribution in [2.45, 2.75) is 70.9 Å². The number of benzene rings is 3. The molecule has 9 heteroatoms. The van der Waals surface area contributed by atoms with Gasteiger partial charge in [0.15, 0.2) is 0 Å². The molecule has 4 N–H and O–H groups in total. The molecular weight excluding hydrogens is 712 g/mol. The highest BCUT2D eigenvalue weighted by Gasteiger charge is 2.19. The molecule has 7 rings (SSSR count). The second-order valence-electron chi connectivity index (χ2n) is 15.4. The minimum absolute atomic E-state index is 0.0959. The molecule has 0 amide bonds. The molecule has 8 nitrogen and oxygen atoms in total. The van der Waals surface area contributed by atoms with Crippen molar-refractivity contribution >= 4 is 11.6 Å². The summed E-state index contributed by atoms with van der Waals surface area (Å²) in [6, 6.07) is 39.7. The molecule has 294 valence electrons. The molecule has 0 aliphatic carbocycles. The first-order chi connectivity index (χ1) is 27.6. The molecule has 0 spiro atoms. The summed E-state index contributed by atoms with van der Waals surface area (Å²) >= 11 is 6.59. The van der Waals surface area contributed by atoms with Gasteiger partial charge >= 0.3 is 0 Å². The molecule has 2 aliphatic heterocycles. The van der Waals surface area contributed by atoms with Crippen molar-refractivity contribution in [1.82, 2.24) is 41.0 Å². The molecule has 0 saturated heterocycles. The predicted molar refractivity (Wildman–Crippen MR) is 230 cm³/mol. The van der Waals surface area contributed by atoms with E-state index in [-0.39, 0.29) is 5.92 Å². The van der Waals surface area contributed by atoms with Crippen LogP contribution in [-0.4, -0.2) is 72.1 Å². The molecule has 3 aromatic carbocycles. The average molecular weight is 771 g/mol. The second-order valence-corrected chi connectivity index (χ2v) is 15.8. The monoisotopic (exact) mass is 770 g/mol. The number of aromatic nitrogens is 2. The fourth-order valence-electron chi connectivity index (χ4n) is 7.98. The zero-order chi connectivity index (χ0) is 38.2. The van der Waals surface area contributed by atoms with Crippen LogP contribution in [0.4, 0.5) is 0 Å². The Labute approximate surface area is 339 Å². The van der Waals surface area contributed by atoms with Crippen LogP contribution < -0.4 is 21.3 Å². The van der Waals surface area contributed by atoms with E-state index < -0.39 is 0 Å². The quantitative estimate of drug-likeness (QED) is 0.129. The van der Waals surface area contributed by atoms with Gasteiger partial charge in [0.05, 0.1) is 22.8 Å². The minimum atomic E-state index is 0.0959. The van der Waals surface area contributed by atoms with Crippen molar-refractivity contribution in [3.63, 3.8) is 0 Å². The Morgan fingerprint density at radius 2 is 0.839 bits per heavy atom. The normalized spacial score (nSPS) is 17.5. The number of hydrogen-bond donors (Lipinski definition) is 4. The Hall–Kier alpha value is -3.99. The van der Waals surface area contributed by atoms with Gasteiger partial charge in [0.25, 0.3) is 0 Å². The van der Waals surface area contributed by atoms with E-state index in [1.54, 1.807) is 0 Å². The van der Waals surface area contributed by atoms with E-state index in [0.717, 1.165) is 145 Å². The van der Waals surface area contributed by atoms with Crippen LogP contribution in [0.15, 0.2) is 109 Å². The van der Waals surface area contributed by atoms with Crippen LogP contribution in [0.3, 0.4) is 0 Å². The lowest BCUT2D eigenvalue weighted by Crippen LogP contribution is -2.30. The summed E-state index contributed by atoms with van der Waals surface area (Å²) in [5.74, 6) is 0.0959.